The normalized spacial score (nSPS) is 12.2. The van der Waals surface area contributed by atoms with Crippen molar-refractivity contribution in [3.8, 4) is 5.75 Å². The first-order valence-corrected chi connectivity index (χ1v) is 9.60. The number of aromatic nitrogens is 2. The largest absolute Gasteiger partial charge is 0.508 e. The number of fused-ring (bicyclic) bond motifs is 1. The average molecular weight is 446 g/mol. The number of carbonyl (C=O) groups is 1. The molecule has 0 aliphatic heterocycles. The van der Waals surface area contributed by atoms with E-state index in [2.05, 4.69) is 31.2 Å². The molecule has 2 heterocycles. The van der Waals surface area contributed by atoms with Gasteiger partial charge in [0.15, 0.2) is 5.01 Å². The summed E-state index contributed by atoms with van der Waals surface area (Å²) in [6.07, 6.45) is 1.54. The minimum atomic E-state index is -0.775. The van der Waals surface area contributed by atoms with Crippen LogP contribution in [0, 0.1) is 5.82 Å². The smallest absolute Gasteiger partial charge is 0.281 e. The van der Waals surface area contributed by atoms with Crippen LogP contribution in [0.2, 0.25) is 0 Å². The van der Waals surface area contributed by atoms with Crippen molar-refractivity contribution in [2.24, 2.45) is 0 Å². The van der Waals surface area contributed by atoms with E-state index >= 15 is 0 Å². The third-order valence-electron chi connectivity index (χ3n) is 4.11. The van der Waals surface area contributed by atoms with Crippen molar-refractivity contribution in [1.82, 2.24) is 15.3 Å². The molecule has 8 heteroatoms. The predicted molar refractivity (Wildman–Crippen MR) is 105 cm³/mol. The number of rotatable bonds is 4. The zero-order valence-electron chi connectivity index (χ0n) is 13.7. The van der Waals surface area contributed by atoms with Crippen LogP contribution in [0.3, 0.4) is 0 Å². The number of aromatic amines is 1. The first-order valence-electron chi connectivity index (χ1n) is 7.99. The third-order valence-corrected chi connectivity index (χ3v) is 5.58. The van der Waals surface area contributed by atoms with Gasteiger partial charge in [0, 0.05) is 16.8 Å². The number of para-hydroxylation sites is 1. The van der Waals surface area contributed by atoms with E-state index in [0.29, 0.717) is 5.69 Å². The van der Waals surface area contributed by atoms with E-state index in [1.807, 2.05) is 30.3 Å². The number of phenols is 1. The summed E-state index contributed by atoms with van der Waals surface area (Å²) in [5.74, 6) is -1.03. The van der Waals surface area contributed by atoms with Crippen molar-refractivity contribution in [3.05, 3.63) is 80.6 Å². The number of hydrogen-bond donors (Lipinski definition) is 3. The molecule has 136 valence electrons. The van der Waals surface area contributed by atoms with Gasteiger partial charge in [-0.05, 0) is 51.6 Å². The minimum absolute atomic E-state index is 0.110. The molecular formula is C19H13BrFN3O2S. The Balaban J connectivity index is 1.79. The zero-order valence-corrected chi connectivity index (χ0v) is 16.1. The second-order valence-electron chi connectivity index (χ2n) is 5.89. The molecule has 1 amide bonds. The molecule has 0 fully saturated rings. The number of hydrogen-bond acceptors (Lipinski definition) is 4. The van der Waals surface area contributed by atoms with E-state index in [0.717, 1.165) is 14.7 Å². The Labute approximate surface area is 166 Å². The molecule has 0 aliphatic carbocycles. The Bertz CT molecular complexity index is 1110. The Morgan fingerprint density at radius 1 is 1.26 bits per heavy atom. The summed E-state index contributed by atoms with van der Waals surface area (Å²) in [6, 6.07) is 12.4. The van der Waals surface area contributed by atoms with Crippen LogP contribution in [0.15, 0.2) is 58.5 Å². The number of benzene rings is 2. The first-order chi connectivity index (χ1) is 13.0. The van der Waals surface area contributed by atoms with Crippen molar-refractivity contribution in [2.45, 2.75) is 6.04 Å². The van der Waals surface area contributed by atoms with Gasteiger partial charge in [-0.25, -0.2) is 9.37 Å². The van der Waals surface area contributed by atoms with Gasteiger partial charge in [0.1, 0.15) is 11.6 Å². The molecule has 0 spiro atoms. The highest BCUT2D eigenvalue weighted by molar-refractivity contribution is 9.11. The van der Waals surface area contributed by atoms with Gasteiger partial charge in [-0.3, -0.25) is 4.79 Å². The summed E-state index contributed by atoms with van der Waals surface area (Å²) in [4.78, 5) is 19.9. The molecule has 27 heavy (non-hydrogen) atoms. The van der Waals surface area contributed by atoms with E-state index < -0.39 is 17.8 Å². The van der Waals surface area contributed by atoms with E-state index in [1.165, 1.54) is 35.7 Å². The Morgan fingerprint density at radius 3 is 2.81 bits per heavy atom. The van der Waals surface area contributed by atoms with Gasteiger partial charge in [0.05, 0.1) is 16.0 Å². The Hall–Kier alpha value is -2.71. The molecule has 2 aromatic heterocycles. The van der Waals surface area contributed by atoms with Gasteiger partial charge in [0.25, 0.3) is 5.91 Å². The zero-order chi connectivity index (χ0) is 19.0. The second-order valence-corrected chi connectivity index (χ2v) is 8.30. The number of amides is 1. The molecule has 1 unspecified atom stereocenters. The number of nitrogens with zero attached hydrogens (tertiary/aromatic N) is 1. The van der Waals surface area contributed by atoms with Gasteiger partial charge < -0.3 is 15.4 Å². The summed E-state index contributed by atoms with van der Waals surface area (Å²) < 4.78 is 14.6. The van der Waals surface area contributed by atoms with Crippen LogP contribution in [0.1, 0.15) is 27.1 Å². The maximum Gasteiger partial charge on any atom is 0.281 e. The highest BCUT2D eigenvalue weighted by Crippen LogP contribution is 2.32. The predicted octanol–water partition coefficient (Wildman–Crippen LogP) is 4.75. The molecule has 0 bridgehead atoms. The number of H-pyrrole nitrogens is 1. The number of halogens is 2. The van der Waals surface area contributed by atoms with Crippen molar-refractivity contribution in [2.75, 3.05) is 0 Å². The average Bonchev–Trinajstić information content (AvgIpc) is 3.27. The number of phenolic OH excluding ortho intramolecular Hbond substituents is 1. The molecule has 0 saturated carbocycles. The molecule has 0 radical (unpaired) electrons. The lowest BCUT2D eigenvalue weighted by molar-refractivity contribution is 0.0941. The molecule has 1 atom stereocenters. The summed E-state index contributed by atoms with van der Waals surface area (Å²) in [7, 11) is 0. The van der Waals surface area contributed by atoms with Crippen LogP contribution in [0.5, 0.6) is 5.75 Å². The number of carbonyl (C=O) groups excluding carboxylic acids is 1. The van der Waals surface area contributed by atoms with Crippen LogP contribution < -0.4 is 5.32 Å². The van der Waals surface area contributed by atoms with Gasteiger partial charge in [-0.2, -0.15) is 0 Å². The molecule has 5 nitrogen and oxygen atoms in total. The summed E-state index contributed by atoms with van der Waals surface area (Å²) in [5.41, 5.74) is 1.76. The van der Waals surface area contributed by atoms with Crippen LogP contribution >= 0.6 is 27.3 Å². The van der Waals surface area contributed by atoms with Gasteiger partial charge in [-0.15, -0.1) is 11.3 Å². The number of thiazole rings is 1. The summed E-state index contributed by atoms with van der Waals surface area (Å²) >= 11 is 4.47. The van der Waals surface area contributed by atoms with Crippen LogP contribution in [0.25, 0.3) is 10.9 Å². The molecule has 2 aromatic carbocycles. The lowest BCUT2D eigenvalue weighted by Crippen LogP contribution is -2.29. The van der Waals surface area contributed by atoms with Crippen molar-refractivity contribution in [1.29, 1.82) is 0 Å². The van der Waals surface area contributed by atoms with E-state index in [4.69, 9.17) is 0 Å². The highest BCUT2D eigenvalue weighted by atomic mass is 79.9. The molecule has 4 rings (SSSR count). The summed E-state index contributed by atoms with van der Waals surface area (Å²) in [5, 5.41) is 14.3. The number of nitrogens with one attached hydrogen (secondary N) is 2. The fourth-order valence-corrected chi connectivity index (χ4v) is 3.99. The van der Waals surface area contributed by atoms with Gasteiger partial charge in [-0.1, -0.05) is 18.2 Å². The standard InChI is InChI=1S/C19H13BrFN3O2S/c20-16-9-22-19(27-16)18(26)24-17(12-8-11(21)5-6-15(12)25)14-7-10-3-1-2-4-13(10)23-14/h1-9,17,23,25H,(H,24,26). The van der Waals surface area contributed by atoms with Crippen molar-refractivity contribution >= 4 is 44.1 Å². The molecule has 0 saturated heterocycles. The fraction of sp³-hybridized carbons (Fsp3) is 0.0526. The van der Waals surface area contributed by atoms with Crippen molar-refractivity contribution in [3.63, 3.8) is 0 Å². The maximum absolute atomic E-state index is 13.8. The lowest BCUT2D eigenvalue weighted by atomic mass is 10.0. The monoisotopic (exact) mass is 445 g/mol. The topological polar surface area (TPSA) is 78.0 Å². The van der Waals surface area contributed by atoms with Crippen LogP contribution in [-0.2, 0) is 0 Å². The minimum Gasteiger partial charge on any atom is -0.508 e. The van der Waals surface area contributed by atoms with Crippen LogP contribution in [-0.4, -0.2) is 21.0 Å². The SMILES string of the molecule is O=C(NC(c1cc2ccccc2[nH]1)c1cc(F)ccc1O)c1ncc(Br)s1. The van der Waals surface area contributed by atoms with E-state index in [1.54, 1.807) is 0 Å². The molecule has 3 N–H and O–H groups in total. The maximum atomic E-state index is 13.8. The fourth-order valence-electron chi connectivity index (χ4n) is 2.88. The lowest BCUT2D eigenvalue weighted by Gasteiger charge is -2.19. The highest BCUT2D eigenvalue weighted by Gasteiger charge is 2.24. The van der Waals surface area contributed by atoms with E-state index in [9.17, 15) is 14.3 Å². The molecule has 4 aromatic rings. The second kappa shape index (κ2) is 7.13. The molecule has 0 aliphatic rings. The quantitative estimate of drug-likeness (QED) is 0.424. The Morgan fingerprint density at radius 2 is 2.07 bits per heavy atom. The van der Waals surface area contributed by atoms with Gasteiger partial charge >= 0.3 is 0 Å². The number of aromatic hydroxyl groups is 1. The Kier molecular flexibility index (Phi) is 4.67. The van der Waals surface area contributed by atoms with Crippen molar-refractivity contribution < 1.29 is 14.3 Å². The van der Waals surface area contributed by atoms with Crippen LogP contribution in [0.4, 0.5) is 4.39 Å². The van der Waals surface area contributed by atoms with E-state index in [-0.39, 0.29) is 16.3 Å². The third kappa shape index (κ3) is 3.58. The molecular weight excluding hydrogens is 433 g/mol. The van der Waals surface area contributed by atoms with Gasteiger partial charge in [0.2, 0.25) is 0 Å². The summed E-state index contributed by atoms with van der Waals surface area (Å²) in [6.45, 7) is 0. The first kappa shape index (κ1) is 17.7.